The maximum Gasteiger partial charge on any atom is 0.122 e. The van der Waals surface area contributed by atoms with Crippen LogP contribution < -0.4 is 5.32 Å². The molecule has 1 fully saturated rings. The molecule has 0 bridgehead atoms. The van der Waals surface area contributed by atoms with Crippen LogP contribution in [0.4, 0.5) is 0 Å². The molecule has 0 aromatic carbocycles. The molecule has 20 heavy (non-hydrogen) atoms. The summed E-state index contributed by atoms with van der Waals surface area (Å²) in [5.41, 5.74) is 0.803. The first-order chi connectivity index (χ1) is 9.67. The second-order valence-electron chi connectivity index (χ2n) is 5.50. The Kier molecular flexibility index (Phi) is 5.92. The van der Waals surface area contributed by atoms with Gasteiger partial charge in [-0.3, -0.25) is 0 Å². The molecular weight excluding hydrogens is 276 g/mol. The van der Waals surface area contributed by atoms with Crippen LogP contribution >= 0.6 is 11.3 Å². The number of hydrogen-bond donors (Lipinski definition) is 2. The van der Waals surface area contributed by atoms with Crippen molar-refractivity contribution in [1.29, 1.82) is 0 Å². The van der Waals surface area contributed by atoms with Gasteiger partial charge in [-0.05, 0) is 26.2 Å². The highest BCUT2D eigenvalue weighted by Gasteiger charge is 2.24. The summed E-state index contributed by atoms with van der Waals surface area (Å²) in [5.74, 6) is 0. The van der Waals surface area contributed by atoms with E-state index >= 15 is 0 Å². The lowest BCUT2D eigenvalue weighted by molar-refractivity contribution is 0.0965. The standard InChI is InChI=1S/C14H24N2O3S/c1-14(5-6-17,10-18-2)15-8-11-9-20-13(16-11)12-4-3-7-19-12/h9,12,15,17H,3-8,10H2,1-2H3. The van der Waals surface area contributed by atoms with Crippen molar-refractivity contribution in [2.24, 2.45) is 0 Å². The molecule has 0 radical (unpaired) electrons. The predicted molar refractivity (Wildman–Crippen MR) is 78.9 cm³/mol. The topological polar surface area (TPSA) is 63.6 Å². The van der Waals surface area contributed by atoms with Crippen LogP contribution in [0.15, 0.2) is 5.38 Å². The highest BCUT2D eigenvalue weighted by molar-refractivity contribution is 7.09. The molecule has 1 aliphatic heterocycles. The lowest BCUT2D eigenvalue weighted by atomic mass is 9.99. The summed E-state index contributed by atoms with van der Waals surface area (Å²) in [7, 11) is 1.68. The second kappa shape index (κ2) is 7.47. The Morgan fingerprint density at radius 1 is 1.65 bits per heavy atom. The van der Waals surface area contributed by atoms with Crippen LogP contribution in [0.3, 0.4) is 0 Å². The molecule has 1 saturated heterocycles. The molecule has 1 aliphatic rings. The zero-order valence-corrected chi connectivity index (χ0v) is 13.0. The number of aliphatic hydroxyl groups is 1. The van der Waals surface area contributed by atoms with E-state index in [2.05, 4.69) is 22.6 Å². The number of nitrogens with zero attached hydrogens (tertiary/aromatic N) is 1. The van der Waals surface area contributed by atoms with Gasteiger partial charge >= 0.3 is 0 Å². The number of nitrogens with one attached hydrogen (secondary N) is 1. The molecular formula is C14H24N2O3S. The Hall–Kier alpha value is -0.530. The van der Waals surface area contributed by atoms with Gasteiger partial charge in [-0.1, -0.05) is 0 Å². The number of aromatic nitrogens is 1. The number of rotatable bonds is 8. The first-order valence-corrected chi connectivity index (χ1v) is 7.95. The fourth-order valence-corrected chi connectivity index (χ4v) is 3.31. The normalized spacial score (nSPS) is 22.1. The summed E-state index contributed by atoms with van der Waals surface area (Å²) in [5, 5.41) is 15.7. The maximum absolute atomic E-state index is 9.15. The van der Waals surface area contributed by atoms with Crippen LogP contribution in [0.5, 0.6) is 0 Å². The second-order valence-corrected chi connectivity index (χ2v) is 6.39. The van der Waals surface area contributed by atoms with Gasteiger partial charge in [-0.25, -0.2) is 4.98 Å². The third-order valence-corrected chi connectivity index (χ3v) is 4.58. The van der Waals surface area contributed by atoms with E-state index in [0.717, 1.165) is 30.2 Å². The number of ether oxygens (including phenoxy) is 2. The monoisotopic (exact) mass is 300 g/mol. The molecule has 2 atom stereocenters. The van der Waals surface area contributed by atoms with E-state index < -0.39 is 0 Å². The van der Waals surface area contributed by atoms with Gasteiger partial charge in [0, 0.05) is 37.8 Å². The van der Waals surface area contributed by atoms with Crippen molar-refractivity contribution in [3.63, 3.8) is 0 Å². The van der Waals surface area contributed by atoms with Crippen molar-refractivity contribution in [3.05, 3.63) is 16.1 Å². The smallest absolute Gasteiger partial charge is 0.122 e. The molecule has 2 heterocycles. The minimum absolute atomic E-state index is 0.144. The maximum atomic E-state index is 9.15. The van der Waals surface area contributed by atoms with Gasteiger partial charge in [0.05, 0.1) is 12.3 Å². The first-order valence-electron chi connectivity index (χ1n) is 7.07. The number of aliphatic hydroxyl groups excluding tert-OH is 1. The molecule has 5 nitrogen and oxygen atoms in total. The number of thiazole rings is 1. The van der Waals surface area contributed by atoms with Gasteiger partial charge in [0.2, 0.25) is 0 Å². The van der Waals surface area contributed by atoms with Crippen molar-refractivity contribution in [1.82, 2.24) is 10.3 Å². The highest BCUT2D eigenvalue weighted by Crippen LogP contribution is 2.30. The van der Waals surface area contributed by atoms with E-state index in [4.69, 9.17) is 14.6 Å². The molecule has 0 spiro atoms. The van der Waals surface area contributed by atoms with Crippen LogP contribution in [0.2, 0.25) is 0 Å². The Bertz CT molecular complexity index is 399. The molecule has 2 N–H and O–H groups in total. The summed E-state index contributed by atoms with van der Waals surface area (Å²) in [6, 6.07) is 0. The van der Waals surface area contributed by atoms with E-state index in [0.29, 0.717) is 19.6 Å². The van der Waals surface area contributed by atoms with Crippen molar-refractivity contribution >= 4 is 11.3 Å². The van der Waals surface area contributed by atoms with Gasteiger partial charge in [0.15, 0.2) is 0 Å². The average molecular weight is 300 g/mol. The van der Waals surface area contributed by atoms with Crippen LogP contribution in [-0.2, 0) is 16.0 Å². The quantitative estimate of drug-likeness (QED) is 0.767. The average Bonchev–Trinajstić information content (AvgIpc) is 3.08. The van der Waals surface area contributed by atoms with E-state index in [-0.39, 0.29) is 18.2 Å². The van der Waals surface area contributed by atoms with E-state index in [1.807, 2.05) is 0 Å². The van der Waals surface area contributed by atoms with Crippen molar-refractivity contribution in [2.45, 2.75) is 44.4 Å². The highest BCUT2D eigenvalue weighted by atomic mass is 32.1. The number of methoxy groups -OCH3 is 1. The van der Waals surface area contributed by atoms with E-state index in [1.165, 1.54) is 0 Å². The molecule has 0 amide bonds. The van der Waals surface area contributed by atoms with Gasteiger partial charge in [-0.15, -0.1) is 11.3 Å². The van der Waals surface area contributed by atoms with Crippen molar-refractivity contribution < 1.29 is 14.6 Å². The lowest BCUT2D eigenvalue weighted by Crippen LogP contribution is -2.46. The molecule has 0 aliphatic carbocycles. The minimum atomic E-state index is -0.225. The Labute approximate surface area is 124 Å². The zero-order chi connectivity index (χ0) is 14.4. The molecule has 1 aromatic rings. The predicted octanol–water partition coefficient (Wildman–Crippen LogP) is 1.87. The fraction of sp³-hybridized carbons (Fsp3) is 0.786. The van der Waals surface area contributed by atoms with E-state index in [1.54, 1.807) is 18.4 Å². The van der Waals surface area contributed by atoms with Crippen LogP contribution in [0.1, 0.15) is 43.0 Å². The summed E-state index contributed by atoms with van der Waals surface area (Å²) in [6.45, 7) is 4.30. The Balaban J connectivity index is 1.89. The van der Waals surface area contributed by atoms with Gasteiger partial charge in [0.1, 0.15) is 11.1 Å². The molecule has 6 heteroatoms. The zero-order valence-electron chi connectivity index (χ0n) is 12.2. The summed E-state index contributed by atoms with van der Waals surface area (Å²) >= 11 is 1.67. The third kappa shape index (κ3) is 4.23. The van der Waals surface area contributed by atoms with Crippen molar-refractivity contribution in [2.75, 3.05) is 26.9 Å². The van der Waals surface area contributed by atoms with Gasteiger partial charge in [-0.2, -0.15) is 0 Å². The molecule has 0 saturated carbocycles. The first kappa shape index (κ1) is 15.9. The summed E-state index contributed by atoms with van der Waals surface area (Å²) in [4.78, 5) is 4.64. The summed E-state index contributed by atoms with van der Waals surface area (Å²) < 4.78 is 10.9. The number of hydrogen-bond acceptors (Lipinski definition) is 6. The molecule has 2 unspecified atom stereocenters. The summed E-state index contributed by atoms with van der Waals surface area (Å²) in [6.07, 6.45) is 3.05. The molecule has 2 rings (SSSR count). The Morgan fingerprint density at radius 2 is 2.50 bits per heavy atom. The van der Waals surface area contributed by atoms with E-state index in [9.17, 15) is 0 Å². The largest absolute Gasteiger partial charge is 0.396 e. The van der Waals surface area contributed by atoms with Crippen LogP contribution in [0, 0.1) is 0 Å². The molecule has 1 aromatic heterocycles. The fourth-order valence-electron chi connectivity index (χ4n) is 2.41. The molecule has 114 valence electrons. The van der Waals surface area contributed by atoms with Crippen LogP contribution in [-0.4, -0.2) is 42.6 Å². The van der Waals surface area contributed by atoms with Crippen LogP contribution in [0.25, 0.3) is 0 Å². The van der Waals surface area contributed by atoms with Gasteiger partial charge < -0.3 is 19.9 Å². The third-order valence-electron chi connectivity index (χ3n) is 3.60. The van der Waals surface area contributed by atoms with Crippen molar-refractivity contribution in [3.8, 4) is 0 Å². The SMILES string of the molecule is COCC(C)(CCO)NCc1csc(C2CCCO2)n1. The minimum Gasteiger partial charge on any atom is -0.396 e. The van der Waals surface area contributed by atoms with Gasteiger partial charge in [0.25, 0.3) is 0 Å². The Morgan fingerprint density at radius 3 is 3.15 bits per heavy atom. The lowest BCUT2D eigenvalue weighted by Gasteiger charge is -2.29.